The van der Waals surface area contributed by atoms with E-state index >= 15 is 0 Å². The highest BCUT2D eigenvalue weighted by Gasteiger charge is 2.19. The van der Waals surface area contributed by atoms with Crippen LogP contribution in [0.4, 0.5) is 0 Å². The average molecular weight is 204 g/mol. The molecule has 0 spiro atoms. The van der Waals surface area contributed by atoms with E-state index in [1.165, 1.54) is 30.4 Å². The van der Waals surface area contributed by atoms with E-state index in [4.69, 9.17) is 11.5 Å². The van der Waals surface area contributed by atoms with Crippen molar-refractivity contribution in [2.75, 3.05) is 6.54 Å². The van der Waals surface area contributed by atoms with Crippen LogP contribution in [0.5, 0.6) is 0 Å². The van der Waals surface area contributed by atoms with Gasteiger partial charge in [-0.15, -0.1) is 0 Å². The van der Waals surface area contributed by atoms with E-state index in [0.29, 0.717) is 6.54 Å². The zero-order valence-electron chi connectivity index (χ0n) is 9.15. The molecule has 1 aliphatic carbocycles. The summed E-state index contributed by atoms with van der Waals surface area (Å²) in [5.74, 6) is 0.735. The van der Waals surface area contributed by atoms with Crippen molar-refractivity contribution >= 4 is 0 Å². The van der Waals surface area contributed by atoms with Gasteiger partial charge in [-0.3, -0.25) is 0 Å². The summed E-state index contributed by atoms with van der Waals surface area (Å²) in [6.07, 6.45) is 4.73. The quantitative estimate of drug-likeness (QED) is 0.783. The minimum atomic E-state index is 0.181. The van der Waals surface area contributed by atoms with Gasteiger partial charge in [0.2, 0.25) is 0 Å². The Labute approximate surface area is 91.7 Å². The standard InChI is InChI=1S/C13H20N2/c14-9-13(15)8-10-5-6-11-3-1-2-4-12(11)7-10/h1-4,10,13H,5-9,14-15H2/t10-,13-/m1/s1. The molecule has 0 heterocycles. The van der Waals surface area contributed by atoms with Crippen LogP contribution in [-0.2, 0) is 12.8 Å². The van der Waals surface area contributed by atoms with Gasteiger partial charge < -0.3 is 11.5 Å². The predicted molar refractivity (Wildman–Crippen MR) is 63.6 cm³/mol. The maximum absolute atomic E-state index is 5.90. The van der Waals surface area contributed by atoms with Crippen molar-refractivity contribution in [1.82, 2.24) is 0 Å². The fourth-order valence-electron chi connectivity index (χ4n) is 2.50. The van der Waals surface area contributed by atoms with Gasteiger partial charge in [0.15, 0.2) is 0 Å². The number of hydrogen-bond acceptors (Lipinski definition) is 2. The molecule has 15 heavy (non-hydrogen) atoms. The first kappa shape index (κ1) is 10.7. The summed E-state index contributed by atoms with van der Waals surface area (Å²) in [6, 6.07) is 8.93. The predicted octanol–water partition coefficient (Wildman–Crippen LogP) is 1.47. The molecular weight excluding hydrogens is 184 g/mol. The average Bonchev–Trinajstić information content (AvgIpc) is 2.29. The van der Waals surface area contributed by atoms with Gasteiger partial charge in [-0.05, 0) is 42.7 Å². The van der Waals surface area contributed by atoms with Crippen LogP contribution < -0.4 is 11.5 Å². The molecule has 0 bridgehead atoms. The third kappa shape index (κ3) is 2.58. The fourth-order valence-corrected chi connectivity index (χ4v) is 2.50. The zero-order chi connectivity index (χ0) is 10.7. The van der Waals surface area contributed by atoms with E-state index in [1.54, 1.807) is 0 Å². The van der Waals surface area contributed by atoms with Crippen LogP contribution in [0.15, 0.2) is 24.3 Å². The molecule has 2 heteroatoms. The second-order valence-electron chi connectivity index (χ2n) is 4.61. The molecular formula is C13H20N2. The summed E-state index contributed by atoms with van der Waals surface area (Å²) in [7, 11) is 0. The molecule has 0 aliphatic heterocycles. The van der Waals surface area contributed by atoms with Gasteiger partial charge in [0, 0.05) is 12.6 Å². The van der Waals surface area contributed by atoms with Crippen molar-refractivity contribution in [3.8, 4) is 0 Å². The Hall–Kier alpha value is -0.860. The number of hydrogen-bond donors (Lipinski definition) is 2. The van der Waals surface area contributed by atoms with Crippen molar-refractivity contribution in [2.45, 2.75) is 31.7 Å². The Morgan fingerprint density at radius 3 is 2.73 bits per heavy atom. The van der Waals surface area contributed by atoms with Crippen LogP contribution in [-0.4, -0.2) is 12.6 Å². The minimum absolute atomic E-state index is 0.181. The van der Waals surface area contributed by atoms with Crippen molar-refractivity contribution in [2.24, 2.45) is 17.4 Å². The third-order valence-corrected chi connectivity index (χ3v) is 3.39. The van der Waals surface area contributed by atoms with Crippen LogP contribution in [0.2, 0.25) is 0 Å². The van der Waals surface area contributed by atoms with Gasteiger partial charge in [-0.1, -0.05) is 24.3 Å². The van der Waals surface area contributed by atoms with Crippen LogP contribution in [0.1, 0.15) is 24.0 Å². The molecule has 2 nitrogen and oxygen atoms in total. The highest BCUT2D eigenvalue weighted by Crippen LogP contribution is 2.27. The number of nitrogens with two attached hydrogens (primary N) is 2. The first-order valence-corrected chi connectivity index (χ1v) is 5.82. The summed E-state index contributed by atoms with van der Waals surface area (Å²) in [5.41, 5.74) is 14.5. The molecule has 2 atom stereocenters. The van der Waals surface area contributed by atoms with Gasteiger partial charge in [-0.25, -0.2) is 0 Å². The lowest BCUT2D eigenvalue weighted by Crippen LogP contribution is -2.33. The Morgan fingerprint density at radius 1 is 1.27 bits per heavy atom. The summed E-state index contributed by atoms with van der Waals surface area (Å²) >= 11 is 0. The lowest BCUT2D eigenvalue weighted by molar-refractivity contribution is 0.391. The van der Waals surface area contributed by atoms with E-state index in [2.05, 4.69) is 24.3 Å². The minimum Gasteiger partial charge on any atom is -0.329 e. The van der Waals surface area contributed by atoms with Gasteiger partial charge in [0.05, 0.1) is 0 Å². The third-order valence-electron chi connectivity index (χ3n) is 3.39. The smallest absolute Gasteiger partial charge is 0.0165 e. The van der Waals surface area contributed by atoms with Crippen molar-refractivity contribution in [3.63, 3.8) is 0 Å². The van der Waals surface area contributed by atoms with E-state index in [1.807, 2.05) is 0 Å². The van der Waals surface area contributed by atoms with E-state index < -0.39 is 0 Å². The topological polar surface area (TPSA) is 52.0 Å². The molecule has 0 radical (unpaired) electrons. The maximum atomic E-state index is 5.90. The molecule has 0 fully saturated rings. The van der Waals surface area contributed by atoms with Crippen LogP contribution in [0.25, 0.3) is 0 Å². The number of fused-ring (bicyclic) bond motifs is 1. The number of rotatable bonds is 3. The van der Waals surface area contributed by atoms with Gasteiger partial charge in [0.1, 0.15) is 0 Å². The van der Waals surface area contributed by atoms with E-state index in [-0.39, 0.29) is 6.04 Å². The first-order valence-electron chi connectivity index (χ1n) is 5.82. The lowest BCUT2D eigenvalue weighted by Gasteiger charge is -2.26. The van der Waals surface area contributed by atoms with Crippen LogP contribution >= 0.6 is 0 Å². The monoisotopic (exact) mass is 204 g/mol. The molecule has 82 valence electrons. The second kappa shape index (κ2) is 4.77. The van der Waals surface area contributed by atoms with Gasteiger partial charge in [-0.2, -0.15) is 0 Å². The van der Waals surface area contributed by atoms with E-state index in [0.717, 1.165) is 12.3 Å². The fraction of sp³-hybridized carbons (Fsp3) is 0.538. The molecule has 0 saturated carbocycles. The summed E-state index contributed by atoms with van der Waals surface area (Å²) in [5, 5.41) is 0. The second-order valence-corrected chi connectivity index (χ2v) is 4.61. The molecule has 4 N–H and O–H groups in total. The van der Waals surface area contributed by atoms with E-state index in [9.17, 15) is 0 Å². The maximum Gasteiger partial charge on any atom is 0.0165 e. The molecule has 1 aliphatic rings. The highest BCUT2D eigenvalue weighted by molar-refractivity contribution is 5.29. The SMILES string of the molecule is NC[C@H](N)C[C@@H]1CCc2ccccc2C1. The lowest BCUT2D eigenvalue weighted by atomic mass is 9.81. The first-order chi connectivity index (χ1) is 7.29. The zero-order valence-corrected chi connectivity index (χ0v) is 9.15. The normalized spacial score (nSPS) is 22.1. The van der Waals surface area contributed by atoms with Crippen LogP contribution in [0.3, 0.4) is 0 Å². The molecule has 0 unspecified atom stereocenters. The number of benzene rings is 1. The Morgan fingerprint density at radius 2 is 2.00 bits per heavy atom. The summed E-state index contributed by atoms with van der Waals surface area (Å²) in [4.78, 5) is 0. The molecule has 1 aromatic carbocycles. The van der Waals surface area contributed by atoms with Gasteiger partial charge in [0.25, 0.3) is 0 Å². The largest absolute Gasteiger partial charge is 0.329 e. The molecule has 0 amide bonds. The molecule has 0 aromatic heterocycles. The Bertz CT molecular complexity index is 322. The molecule has 0 saturated heterocycles. The Kier molecular flexibility index (Phi) is 3.39. The highest BCUT2D eigenvalue weighted by atomic mass is 14.7. The van der Waals surface area contributed by atoms with Crippen molar-refractivity contribution in [3.05, 3.63) is 35.4 Å². The Balaban J connectivity index is 1.99. The summed E-state index contributed by atoms with van der Waals surface area (Å²) in [6.45, 7) is 0.609. The van der Waals surface area contributed by atoms with Crippen molar-refractivity contribution < 1.29 is 0 Å². The van der Waals surface area contributed by atoms with Gasteiger partial charge >= 0.3 is 0 Å². The van der Waals surface area contributed by atoms with Crippen LogP contribution in [0, 0.1) is 5.92 Å². The summed E-state index contributed by atoms with van der Waals surface area (Å²) < 4.78 is 0. The molecule has 1 aromatic rings. The number of aryl methyl sites for hydroxylation is 1. The van der Waals surface area contributed by atoms with Crippen molar-refractivity contribution in [1.29, 1.82) is 0 Å². The molecule has 2 rings (SSSR count).